The van der Waals surface area contributed by atoms with E-state index in [4.69, 9.17) is 5.73 Å². The van der Waals surface area contributed by atoms with Gasteiger partial charge in [0.05, 0.1) is 12.5 Å². The van der Waals surface area contributed by atoms with Crippen LogP contribution in [0.4, 0.5) is 0 Å². The van der Waals surface area contributed by atoms with Gasteiger partial charge in [-0.2, -0.15) is 5.10 Å². The zero-order valence-corrected chi connectivity index (χ0v) is 10.2. The Kier molecular flexibility index (Phi) is 4.61. The van der Waals surface area contributed by atoms with Crippen molar-refractivity contribution in [2.45, 2.75) is 46.2 Å². The van der Waals surface area contributed by atoms with Crippen LogP contribution in [-0.2, 0) is 17.8 Å². The first-order chi connectivity index (χ1) is 7.54. The van der Waals surface area contributed by atoms with Gasteiger partial charge < -0.3 is 5.73 Å². The predicted molar refractivity (Wildman–Crippen MR) is 61.8 cm³/mol. The van der Waals surface area contributed by atoms with Crippen LogP contribution in [0.25, 0.3) is 0 Å². The summed E-state index contributed by atoms with van der Waals surface area (Å²) in [5.41, 5.74) is 5.68. The average molecular weight is 224 g/mol. The molecule has 5 nitrogen and oxygen atoms in total. The fourth-order valence-corrected chi connectivity index (χ4v) is 1.44. The number of nitrogens with zero attached hydrogens (tertiary/aromatic N) is 3. The van der Waals surface area contributed by atoms with Gasteiger partial charge in [0.25, 0.3) is 0 Å². The molecule has 0 aliphatic carbocycles. The molecular weight excluding hydrogens is 204 g/mol. The van der Waals surface area contributed by atoms with E-state index in [2.05, 4.69) is 23.9 Å². The molecule has 2 N–H and O–H groups in total. The first-order valence-corrected chi connectivity index (χ1v) is 5.69. The molecule has 0 aliphatic rings. The van der Waals surface area contributed by atoms with Crippen molar-refractivity contribution < 1.29 is 4.79 Å². The molecule has 0 saturated heterocycles. The van der Waals surface area contributed by atoms with Gasteiger partial charge in [0, 0.05) is 6.54 Å². The minimum absolute atomic E-state index is 0.0282. The molecule has 0 fully saturated rings. The molecule has 1 rings (SSSR count). The van der Waals surface area contributed by atoms with Gasteiger partial charge in [-0.15, -0.1) is 0 Å². The van der Waals surface area contributed by atoms with Crippen LogP contribution < -0.4 is 5.73 Å². The minimum Gasteiger partial charge on any atom is -0.322 e. The highest BCUT2D eigenvalue weighted by Crippen LogP contribution is 2.04. The molecule has 1 heterocycles. The second-order valence-corrected chi connectivity index (χ2v) is 4.41. The second kappa shape index (κ2) is 5.75. The largest absolute Gasteiger partial charge is 0.322 e. The highest BCUT2D eigenvalue weighted by atomic mass is 16.1. The number of rotatable bonds is 6. The normalized spacial score (nSPS) is 13.1. The fraction of sp³-hybridized carbons (Fsp3) is 0.727. The molecule has 0 saturated carbocycles. The molecule has 1 aromatic rings. The standard InChI is InChI=1S/C11H20N4O/c1-4-9(12)10(16)5-11-13-7-14-15(11)6-8(2)3/h7-9H,4-6,12H2,1-3H3. The number of hydrogen-bond acceptors (Lipinski definition) is 4. The third kappa shape index (κ3) is 3.41. The topological polar surface area (TPSA) is 73.8 Å². The number of ketones is 1. The zero-order valence-electron chi connectivity index (χ0n) is 10.2. The van der Waals surface area contributed by atoms with Crippen molar-refractivity contribution in [3.8, 4) is 0 Å². The molecule has 1 aromatic heterocycles. The zero-order chi connectivity index (χ0) is 12.1. The van der Waals surface area contributed by atoms with Gasteiger partial charge in [-0.25, -0.2) is 9.67 Å². The predicted octanol–water partition coefficient (Wildman–Crippen LogP) is 0.783. The van der Waals surface area contributed by atoms with E-state index in [0.717, 1.165) is 6.54 Å². The van der Waals surface area contributed by atoms with E-state index in [1.807, 2.05) is 6.92 Å². The Bertz CT molecular complexity index is 346. The monoisotopic (exact) mass is 224 g/mol. The number of hydrogen-bond donors (Lipinski definition) is 1. The van der Waals surface area contributed by atoms with Gasteiger partial charge in [-0.05, 0) is 12.3 Å². The molecule has 5 heteroatoms. The SMILES string of the molecule is CCC(N)C(=O)Cc1ncnn1CC(C)C. The van der Waals surface area contributed by atoms with Crippen LogP contribution in [-0.4, -0.2) is 26.6 Å². The summed E-state index contributed by atoms with van der Waals surface area (Å²) in [7, 11) is 0. The van der Waals surface area contributed by atoms with Crippen LogP contribution in [0.5, 0.6) is 0 Å². The number of carbonyl (C=O) groups is 1. The van der Waals surface area contributed by atoms with Crippen molar-refractivity contribution in [2.24, 2.45) is 11.7 Å². The number of carbonyl (C=O) groups excluding carboxylic acids is 1. The minimum atomic E-state index is -0.385. The second-order valence-electron chi connectivity index (χ2n) is 4.41. The molecule has 0 aromatic carbocycles. The summed E-state index contributed by atoms with van der Waals surface area (Å²) in [4.78, 5) is 15.8. The van der Waals surface area contributed by atoms with E-state index >= 15 is 0 Å². The molecule has 0 spiro atoms. The Hall–Kier alpha value is -1.23. The molecule has 0 bridgehead atoms. The molecule has 1 atom stereocenters. The third-order valence-electron chi connectivity index (χ3n) is 2.42. The number of Topliss-reactive ketones (excluding diaryl/α,β-unsaturated/α-hetero) is 1. The maximum Gasteiger partial charge on any atom is 0.157 e. The van der Waals surface area contributed by atoms with Crippen molar-refractivity contribution in [3.05, 3.63) is 12.2 Å². The third-order valence-corrected chi connectivity index (χ3v) is 2.42. The van der Waals surface area contributed by atoms with Gasteiger partial charge in [0.15, 0.2) is 5.78 Å². The van der Waals surface area contributed by atoms with E-state index in [0.29, 0.717) is 18.2 Å². The van der Waals surface area contributed by atoms with Crippen LogP contribution in [0, 0.1) is 5.92 Å². The fourth-order valence-electron chi connectivity index (χ4n) is 1.44. The summed E-state index contributed by atoms with van der Waals surface area (Å²) in [5, 5.41) is 4.11. The van der Waals surface area contributed by atoms with Crippen LogP contribution in [0.15, 0.2) is 6.33 Å². The molecular formula is C11H20N4O. The molecule has 16 heavy (non-hydrogen) atoms. The highest BCUT2D eigenvalue weighted by Gasteiger charge is 2.15. The molecule has 90 valence electrons. The Morgan fingerprint density at radius 1 is 1.56 bits per heavy atom. The lowest BCUT2D eigenvalue weighted by molar-refractivity contribution is -0.119. The van der Waals surface area contributed by atoms with E-state index < -0.39 is 0 Å². The summed E-state index contributed by atoms with van der Waals surface area (Å²) >= 11 is 0. The maximum atomic E-state index is 11.7. The van der Waals surface area contributed by atoms with E-state index in [1.54, 1.807) is 4.68 Å². The van der Waals surface area contributed by atoms with Crippen LogP contribution >= 0.6 is 0 Å². The van der Waals surface area contributed by atoms with Crippen LogP contribution in [0.2, 0.25) is 0 Å². The van der Waals surface area contributed by atoms with Crippen molar-refractivity contribution in [3.63, 3.8) is 0 Å². The van der Waals surface area contributed by atoms with Crippen LogP contribution in [0.1, 0.15) is 33.0 Å². The summed E-state index contributed by atoms with van der Waals surface area (Å²) in [6, 6.07) is -0.385. The highest BCUT2D eigenvalue weighted by molar-refractivity contribution is 5.85. The molecule has 0 radical (unpaired) electrons. The Morgan fingerprint density at radius 2 is 2.25 bits per heavy atom. The van der Waals surface area contributed by atoms with Gasteiger partial charge >= 0.3 is 0 Å². The first-order valence-electron chi connectivity index (χ1n) is 5.69. The Balaban J connectivity index is 2.66. The van der Waals surface area contributed by atoms with Crippen LogP contribution in [0.3, 0.4) is 0 Å². The summed E-state index contributed by atoms with van der Waals surface area (Å²) in [5.74, 6) is 1.22. The van der Waals surface area contributed by atoms with E-state index in [1.165, 1.54) is 6.33 Å². The van der Waals surface area contributed by atoms with E-state index in [-0.39, 0.29) is 18.2 Å². The van der Waals surface area contributed by atoms with Gasteiger partial charge in [-0.3, -0.25) is 4.79 Å². The first kappa shape index (κ1) is 12.8. The lowest BCUT2D eigenvalue weighted by Gasteiger charge is -2.10. The lowest BCUT2D eigenvalue weighted by Crippen LogP contribution is -2.31. The number of aromatic nitrogens is 3. The van der Waals surface area contributed by atoms with Gasteiger partial charge in [0.1, 0.15) is 12.2 Å². The summed E-state index contributed by atoms with van der Waals surface area (Å²) in [6.45, 7) is 6.89. The van der Waals surface area contributed by atoms with Crippen molar-refractivity contribution in [2.75, 3.05) is 0 Å². The van der Waals surface area contributed by atoms with E-state index in [9.17, 15) is 4.79 Å². The van der Waals surface area contributed by atoms with Crippen molar-refractivity contribution in [1.82, 2.24) is 14.8 Å². The van der Waals surface area contributed by atoms with Crippen molar-refractivity contribution in [1.29, 1.82) is 0 Å². The van der Waals surface area contributed by atoms with Gasteiger partial charge in [0.2, 0.25) is 0 Å². The molecule has 0 aliphatic heterocycles. The summed E-state index contributed by atoms with van der Waals surface area (Å²) < 4.78 is 1.78. The average Bonchev–Trinajstić information content (AvgIpc) is 2.63. The Labute approximate surface area is 96.0 Å². The quantitative estimate of drug-likeness (QED) is 0.775. The van der Waals surface area contributed by atoms with Gasteiger partial charge in [-0.1, -0.05) is 20.8 Å². The summed E-state index contributed by atoms with van der Waals surface area (Å²) in [6.07, 6.45) is 2.43. The smallest absolute Gasteiger partial charge is 0.157 e. The Morgan fingerprint density at radius 3 is 2.81 bits per heavy atom. The lowest BCUT2D eigenvalue weighted by atomic mass is 10.1. The molecule has 0 amide bonds. The van der Waals surface area contributed by atoms with Crippen molar-refractivity contribution >= 4 is 5.78 Å². The molecule has 1 unspecified atom stereocenters. The maximum absolute atomic E-state index is 11.7. The number of nitrogens with two attached hydrogens (primary N) is 1.